The van der Waals surface area contributed by atoms with E-state index < -0.39 is 4.92 Å². The number of hydrogen-bond donors (Lipinski definition) is 0. The van der Waals surface area contributed by atoms with Crippen molar-refractivity contribution >= 4 is 22.8 Å². The molecule has 1 heterocycles. The molecule has 0 bridgehead atoms. The first kappa shape index (κ1) is 21.1. The number of nitro groups is 1. The Hall–Kier alpha value is -4.13. The molecule has 0 N–H and O–H groups in total. The Labute approximate surface area is 184 Å². The highest BCUT2D eigenvalue weighted by Gasteiger charge is 2.25. The number of benzene rings is 3. The summed E-state index contributed by atoms with van der Waals surface area (Å²) in [6, 6.07) is 21.8. The minimum absolute atomic E-state index is 0.177. The van der Waals surface area contributed by atoms with Crippen molar-refractivity contribution in [3.05, 3.63) is 94.0 Å². The van der Waals surface area contributed by atoms with Gasteiger partial charge in [0.15, 0.2) is 0 Å². The van der Waals surface area contributed by atoms with Crippen LogP contribution in [0.2, 0.25) is 0 Å². The maximum atomic E-state index is 11.7. The van der Waals surface area contributed by atoms with Crippen molar-refractivity contribution < 1.29 is 23.6 Å². The SMILES string of the molecule is CCOC(=O)Cc1cccc(OCc2ccc3oc([N+](=O)[O-])c(-c4ccccc4)c3c2)c1. The maximum Gasteiger partial charge on any atom is 0.442 e. The Morgan fingerprint density at radius 1 is 1.00 bits per heavy atom. The molecule has 7 heteroatoms. The van der Waals surface area contributed by atoms with Crippen molar-refractivity contribution in [3.8, 4) is 16.9 Å². The van der Waals surface area contributed by atoms with E-state index in [1.807, 2.05) is 60.7 Å². The highest BCUT2D eigenvalue weighted by atomic mass is 16.6. The van der Waals surface area contributed by atoms with Crippen LogP contribution >= 0.6 is 0 Å². The number of furan rings is 1. The second kappa shape index (κ2) is 9.34. The largest absolute Gasteiger partial charge is 0.489 e. The van der Waals surface area contributed by atoms with E-state index in [1.165, 1.54) is 0 Å². The molecule has 7 nitrogen and oxygen atoms in total. The Balaban J connectivity index is 1.59. The van der Waals surface area contributed by atoms with Gasteiger partial charge in [-0.05, 0) is 47.9 Å². The van der Waals surface area contributed by atoms with Gasteiger partial charge in [0.25, 0.3) is 0 Å². The van der Waals surface area contributed by atoms with Gasteiger partial charge in [-0.25, -0.2) is 0 Å². The van der Waals surface area contributed by atoms with Crippen LogP contribution in [0.1, 0.15) is 18.1 Å². The lowest BCUT2D eigenvalue weighted by molar-refractivity contribution is -0.400. The van der Waals surface area contributed by atoms with E-state index in [4.69, 9.17) is 13.9 Å². The monoisotopic (exact) mass is 431 g/mol. The molecule has 3 aromatic carbocycles. The van der Waals surface area contributed by atoms with Gasteiger partial charge in [0.1, 0.15) is 28.4 Å². The van der Waals surface area contributed by atoms with E-state index >= 15 is 0 Å². The van der Waals surface area contributed by atoms with Crippen molar-refractivity contribution in [2.75, 3.05) is 6.61 Å². The number of esters is 1. The summed E-state index contributed by atoms with van der Waals surface area (Å²) in [5, 5.41) is 12.2. The van der Waals surface area contributed by atoms with Gasteiger partial charge in [-0.15, -0.1) is 0 Å². The lowest BCUT2D eigenvalue weighted by Gasteiger charge is -2.08. The number of hydrogen-bond acceptors (Lipinski definition) is 6. The summed E-state index contributed by atoms with van der Waals surface area (Å²) in [5.41, 5.74) is 3.23. The molecule has 0 unspecified atom stereocenters. The number of fused-ring (bicyclic) bond motifs is 1. The first-order chi connectivity index (χ1) is 15.5. The predicted octanol–water partition coefficient (Wildman–Crippen LogP) is 5.69. The molecule has 0 aliphatic rings. The fourth-order valence-electron chi connectivity index (χ4n) is 3.52. The zero-order chi connectivity index (χ0) is 22.5. The van der Waals surface area contributed by atoms with E-state index in [9.17, 15) is 14.9 Å². The van der Waals surface area contributed by atoms with Crippen molar-refractivity contribution in [3.63, 3.8) is 0 Å². The third-order valence-corrected chi connectivity index (χ3v) is 4.92. The Kier molecular flexibility index (Phi) is 6.17. The molecule has 0 aliphatic carbocycles. The highest BCUT2D eigenvalue weighted by molar-refractivity contribution is 5.98. The Bertz CT molecular complexity index is 1260. The van der Waals surface area contributed by atoms with Gasteiger partial charge in [0, 0.05) is 5.39 Å². The molecule has 162 valence electrons. The van der Waals surface area contributed by atoms with Gasteiger partial charge in [0.05, 0.1) is 13.0 Å². The standard InChI is InChI=1S/C25H21NO6/c1-2-30-23(27)15-17-7-6-10-20(13-17)31-16-18-11-12-22-21(14-18)24(25(32-22)26(28)29)19-8-4-3-5-9-19/h3-14H,2,15-16H2,1H3. The molecular formula is C25H21NO6. The summed E-state index contributed by atoms with van der Waals surface area (Å²) in [7, 11) is 0. The fraction of sp³-hybridized carbons (Fsp3) is 0.160. The molecule has 0 fully saturated rings. The molecule has 0 radical (unpaired) electrons. The minimum Gasteiger partial charge on any atom is -0.489 e. The van der Waals surface area contributed by atoms with Crippen LogP contribution in [-0.2, 0) is 22.6 Å². The number of nitrogens with zero attached hydrogens (tertiary/aromatic N) is 1. The molecule has 4 aromatic rings. The van der Waals surface area contributed by atoms with Gasteiger partial charge in [-0.3, -0.25) is 14.9 Å². The first-order valence-corrected chi connectivity index (χ1v) is 10.2. The molecule has 0 aliphatic heterocycles. The number of carbonyl (C=O) groups is 1. The molecule has 32 heavy (non-hydrogen) atoms. The molecule has 4 rings (SSSR count). The van der Waals surface area contributed by atoms with Crippen LogP contribution in [0.15, 0.2) is 77.2 Å². The predicted molar refractivity (Wildman–Crippen MR) is 119 cm³/mol. The average molecular weight is 431 g/mol. The van der Waals surface area contributed by atoms with E-state index in [1.54, 1.807) is 19.1 Å². The van der Waals surface area contributed by atoms with Crippen LogP contribution < -0.4 is 4.74 Å². The van der Waals surface area contributed by atoms with Gasteiger partial charge < -0.3 is 13.9 Å². The summed E-state index contributed by atoms with van der Waals surface area (Å²) in [4.78, 5) is 22.8. The summed E-state index contributed by atoms with van der Waals surface area (Å²) in [6.07, 6.45) is 0.177. The van der Waals surface area contributed by atoms with Gasteiger partial charge >= 0.3 is 11.9 Å². The molecule has 0 saturated heterocycles. The second-order valence-electron chi connectivity index (χ2n) is 7.15. The van der Waals surface area contributed by atoms with E-state index in [2.05, 4.69) is 0 Å². The quantitative estimate of drug-likeness (QED) is 0.202. The fourth-order valence-corrected chi connectivity index (χ4v) is 3.52. The lowest BCUT2D eigenvalue weighted by atomic mass is 10.0. The molecule has 0 spiro atoms. The number of ether oxygens (including phenoxy) is 2. The average Bonchev–Trinajstić information content (AvgIpc) is 3.18. The normalized spacial score (nSPS) is 10.8. The van der Waals surface area contributed by atoms with Gasteiger partial charge in [0.2, 0.25) is 0 Å². The third kappa shape index (κ3) is 4.62. The zero-order valence-corrected chi connectivity index (χ0v) is 17.4. The van der Waals surface area contributed by atoms with Crippen LogP contribution in [-0.4, -0.2) is 17.5 Å². The molecule has 0 amide bonds. The van der Waals surface area contributed by atoms with Crippen LogP contribution in [0.4, 0.5) is 5.88 Å². The molecule has 0 atom stereocenters. The van der Waals surface area contributed by atoms with Gasteiger partial charge in [-0.2, -0.15) is 0 Å². The topological polar surface area (TPSA) is 91.8 Å². The lowest BCUT2D eigenvalue weighted by Crippen LogP contribution is -2.07. The summed E-state index contributed by atoms with van der Waals surface area (Å²) >= 11 is 0. The first-order valence-electron chi connectivity index (χ1n) is 10.2. The zero-order valence-electron chi connectivity index (χ0n) is 17.4. The maximum absolute atomic E-state index is 11.7. The van der Waals surface area contributed by atoms with Crippen LogP contribution in [0.5, 0.6) is 5.75 Å². The Morgan fingerprint density at radius 2 is 1.81 bits per heavy atom. The highest BCUT2D eigenvalue weighted by Crippen LogP contribution is 2.40. The van der Waals surface area contributed by atoms with E-state index in [0.717, 1.165) is 11.1 Å². The van der Waals surface area contributed by atoms with Crippen molar-refractivity contribution in [2.45, 2.75) is 20.0 Å². The van der Waals surface area contributed by atoms with E-state index in [-0.39, 0.29) is 24.9 Å². The minimum atomic E-state index is -0.506. The molecular weight excluding hydrogens is 410 g/mol. The summed E-state index contributed by atoms with van der Waals surface area (Å²) in [6.45, 7) is 2.37. The number of rotatable bonds is 8. The second-order valence-corrected chi connectivity index (χ2v) is 7.15. The molecule has 0 saturated carbocycles. The van der Waals surface area contributed by atoms with Gasteiger partial charge in [-0.1, -0.05) is 48.5 Å². The van der Waals surface area contributed by atoms with Crippen LogP contribution in [0.3, 0.4) is 0 Å². The summed E-state index contributed by atoms with van der Waals surface area (Å²) < 4.78 is 16.4. The van der Waals surface area contributed by atoms with Crippen LogP contribution in [0, 0.1) is 10.1 Å². The summed E-state index contributed by atoms with van der Waals surface area (Å²) in [5.74, 6) is 0.0504. The Morgan fingerprint density at radius 3 is 2.56 bits per heavy atom. The van der Waals surface area contributed by atoms with Crippen molar-refractivity contribution in [1.82, 2.24) is 0 Å². The van der Waals surface area contributed by atoms with Crippen molar-refractivity contribution in [2.24, 2.45) is 0 Å². The van der Waals surface area contributed by atoms with E-state index in [0.29, 0.717) is 34.5 Å². The number of carbonyl (C=O) groups excluding carboxylic acids is 1. The van der Waals surface area contributed by atoms with Crippen LogP contribution in [0.25, 0.3) is 22.1 Å². The molecule has 1 aromatic heterocycles. The van der Waals surface area contributed by atoms with Crippen molar-refractivity contribution in [1.29, 1.82) is 0 Å². The third-order valence-electron chi connectivity index (χ3n) is 4.92. The smallest absolute Gasteiger partial charge is 0.442 e.